The lowest BCUT2D eigenvalue weighted by atomic mass is 9.81. The third kappa shape index (κ3) is 2.83. The Labute approximate surface area is 126 Å². The van der Waals surface area contributed by atoms with Crippen molar-refractivity contribution in [2.45, 2.75) is 70.1 Å². The lowest BCUT2D eigenvalue weighted by Crippen LogP contribution is -2.67. The summed E-state index contributed by atoms with van der Waals surface area (Å²) in [6, 6.07) is 0. The zero-order chi connectivity index (χ0) is 15.7. The topological polar surface area (TPSA) is 66.4 Å². The number of fused-ring (bicyclic) bond motifs is 1. The van der Waals surface area contributed by atoms with Gasteiger partial charge in [-0.1, -0.05) is 13.5 Å². The summed E-state index contributed by atoms with van der Waals surface area (Å²) < 4.78 is 29.3. The fourth-order valence-corrected chi connectivity index (χ4v) is 3.22. The Kier molecular flexibility index (Phi) is 4.95. The van der Waals surface area contributed by atoms with Crippen LogP contribution in [0.2, 0.25) is 0 Å². The van der Waals surface area contributed by atoms with Crippen LogP contribution in [0.4, 0.5) is 0 Å². The predicted octanol–water partition coefficient (Wildman–Crippen LogP) is 1.57. The van der Waals surface area contributed by atoms with Crippen LogP contribution in [0.5, 0.6) is 0 Å². The number of hydrogen-bond donors (Lipinski definition) is 1. The molecule has 122 valence electrons. The molecule has 6 nitrogen and oxygen atoms in total. The lowest BCUT2D eigenvalue weighted by Gasteiger charge is -2.49. The third-order valence-corrected chi connectivity index (χ3v) is 4.05. The highest BCUT2D eigenvalue weighted by molar-refractivity contribution is 5.07. The molecule has 0 bridgehead atoms. The second kappa shape index (κ2) is 6.22. The summed E-state index contributed by atoms with van der Waals surface area (Å²) in [7, 11) is 0. The molecule has 2 rings (SSSR count). The summed E-state index contributed by atoms with van der Waals surface area (Å²) in [5.74, 6) is -0.776. The van der Waals surface area contributed by atoms with E-state index >= 15 is 0 Å². The van der Waals surface area contributed by atoms with Crippen molar-refractivity contribution >= 4 is 0 Å². The maximum Gasteiger partial charge on any atom is 0.191 e. The van der Waals surface area contributed by atoms with Gasteiger partial charge in [0.1, 0.15) is 12.2 Å². The largest absolute Gasteiger partial charge is 0.490 e. The summed E-state index contributed by atoms with van der Waals surface area (Å²) in [5, 5.41) is 9.65. The number of ether oxygens (including phenoxy) is 5. The van der Waals surface area contributed by atoms with Crippen LogP contribution < -0.4 is 0 Å². The minimum atomic E-state index is -0.804. The average Bonchev–Trinajstić information content (AvgIpc) is 2.76. The molecule has 2 heterocycles. The van der Waals surface area contributed by atoms with E-state index in [0.29, 0.717) is 13.0 Å². The van der Waals surface area contributed by atoms with E-state index in [0.717, 1.165) is 0 Å². The van der Waals surface area contributed by atoms with E-state index in [-0.39, 0.29) is 6.61 Å². The fourth-order valence-electron chi connectivity index (χ4n) is 3.22. The van der Waals surface area contributed by atoms with E-state index < -0.39 is 36.0 Å². The molecule has 0 aromatic carbocycles. The van der Waals surface area contributed by atoms with E-state index in [4.69, 9.17) is 23.7 Å². The minimum Gasteiger partial charge on any atom is -0.490 e. The Balaban J connectivity index is 2.41. The molecule has 0 aromatic rings. The number of hydrogen-bond acceptors (Lipinski definition) is 6. The first-order valence-corrected chi connectivity index (χ1v) is 7.46. The second-order valence-electron chi connectivity index (χ2n) is 5.75. The highest BCUT2D eigenvalue weighted by Crippen LogP contribution is 2.45. The summed E-state index contributed by atoms with van der Waals surface area (Å²) in [6.45, 7) is 11.5. The van der Waals surface area contributed by atoms with Gasteiger partial charge in [-0.2, -0.15) is 0 Å². The lowest BCUT2D eigenvalue weighted by molar-refractivity contribution is -0.299. The van der Waals surface area contributed by atoms with Crippen molar-refractivity contribution in [1.29, 1.82) is 0 Å². The average molecular weight is 302 g/mol. The van der Waals surface area contributed by atoms with Gasteiger partial charge in [0.25, 0.3) is 0 Å². The highest BCUT2D eigenvalue weighted by Gasteiger charge is 2.63. The first-order valence-electron chi connectivity index (χ1n) is 7.46. The molecule has 0 saturated carbocycles. The van der Waals surface area contributed by atoms with E-state index in [9.17, 15) is 5.11 Å². The molecule has 0 aromatic heterocycles. The van der Waals surface area contributed by atoms with E-state index in [1.54, 1.807) is 0 Å². The van der Waals surface area contributed by atoms with Crippen molar-refractivity contribution in [3.05, 3.63) is 12.8 Å². The smallest absolute Gasteiger partial charge is 0.191 e. The number of rotatable bonds is 6. The monoisotopic (exact) mass is 302 g/mol. The third-order valence-electron chi connectivity index (χ3n) is 4.05. The normalized spacial score (nSPS) is 41.6. The molecule has 1 N–H and O–H groups in total. The van der Waals surface area contributed by atoms with E-state index in [1.807, 2.05) is 27.7 Å². The zero-order valence-electron chi connectivity index (χ0n) is 13.2. The zero-order valence-corrected chi connectivity index (χ0v) is 13.2. The minimum absolute atomic E-state index is 0.181. The summed E-state index contributed by atoms with van der Waals surface area (Å²) in [6.07, 6.45) is -0.0491. The molecular formula is C15H26O6. The van der Waals surface area contributed by atoms with Gasteiger partial charge < -0.3 is 28.8 Å². The van der Waals surface area contributed by atoms with Gasteiger partial charge in [0.15, 0.2) is 23.8 Å². The van der Waals surface area contributed by atoms with Gasteiger partial charge in [0, 0.05) is 6.61 Å². The molecule has 0 amide bonds. The molecule has 2 fully saturated rings. The number of aliphatic hydroxyl groups excluding tert-OH is 1. The Morgan fingerprint density at radius 2 is 2.00 bits per heavy atom. The van der Waals surface area contributed by atoms with E-state index in [2.05, 4.69) is 6.58 Å². The SMILES string of the molecule is C=COC1(CC)C2OC(C)(C)O[C@H]2OC(CO)[C@@H]1OCC. The molecule has 2 saturated heterocycles. The molecule has 0 spiro atoms. The molecule has 0 aliphatic carbocycles. The van der Waals surface area contributed by atoms with Gasteiger partial charge in [0.05, 0.1) is 12.9 Å². The predicted molar refractivity (Wildman–Crippen MR) is 75.5 cm³/mol. The fraction of sp³-hybridized carbons (Fsp3) is 0.867. The molecule has 2 aliphatic heterocycles. The summed E-state index contributed by atoms with van der Waals surface area (Å²) >= 11 is 0. The highest BCUT2D eigenvalue weighted by atomic mass is 16.8. The van der Waals surface area contributed by atoms with Crippen LogP contribution in [0.15, 0.2) is 12.8 Å². The van der Waals surface area contributed by atoms with Gasteiger partial charge in [0.2, 0.25) is 0 Å². The van der Waals surface area contributed by atoms with Gasteiger partial charge in [-0.05, 0) is 27.2 Å². The van der Waals surface area contributed by atoms with Gasteiger partial charge in [-0.3, -0.25) is 0 Å². The first kappa shape index (κ1) is 16.7. The summed E-state index contributed by atoms with van der Waals surface area (Å²) in [4.78, 5) is 0. The van der Waals surface area contributed by atoms with Crippen LogP contribution in [0.1, 0.15) is 34.1 Å². The van der Waals surface area contributed by atoms with Crippen molar-refractivity contribution < 1.29 is 28.8 Å². The summed E-state index contributed by atoms with van der Waals surface area (Å²) in [5.41, 5.74) is -0.804. The van der Waals surface area contributed by atoms with Gasteiger partial charge in [-0.15, -0.1) is 0 Å². The quantitative estimate of drug-likeness (QED) is 0.751. The van der Waals surface area contributed by atoms with Crippen molar-refractivity contribution in [2.75, 3.05) is 13.2 Å². The Bertz CT molecular complexity index is 367. The van der Waals surface area contributed by atoms with Crippen LogP contribution >= 0.6 is 0 Å². The Hall–Kier alpha value is -0.660. The molecule has 3 unspecified atom stereocenters. The van der Waals surface area contributed by atoms with Crippen LogP contribution in [-0.2, 0) is 23.7 Å². The van der Waals surface area contributed by atoms with Crippen molar-refractivity contribution in [2.24, 2.45) is 0 Å². The van der Waals surface area contributed by atoms with Crippen LogP contribution in [0.3, 0.4) is 0 Å². The molecule has 5 atom stereocenters. The molecule has 0 radical (unpaired) electrons. The van der Waals surface area contributed by atoms with Crippen LogP contribution in [0, 0.1) is 0 Å². The maximum absolute atomic E-state index is 9.65. The number of aliphatic hydroxyl groups is 1. The standard InChI is InChI=1S/C15H26O6/c1-6-15(18-8-3)11(17-7-2)10(9-16)19-13-12(15)20-14(4,5)21-13/h8,10-13,16H,3,6-7,9H2,1-2,4-5H3/t10?,11-,12?,13+,15?/m0/s1. The van der Waals surface area contributed by atoms with Gasteiger partial charge in [-0.25, -0.2) is 0 Å². The van der Waals surface area contributed by atoms with Gasteiger partial charge >= 0.3 is 0 Å². The van der Waals surface area contributed by atoms with Crippen LogP contribution in [-0.4, -0.2) is 54.3 Å². The second-order valence-corrected chi connectivity index (χ2v) is 5.75. The van der Waals surface area contributed by atoms with E-state index in [1.165, 1.54) is 6.26 Å². The molecule has 21 heavy (non-hydrogen) atoms. The maximum atomic E-state index is 9.65. The van der Waals surface area contributed by atoms with Crippen molar-refractivity contribution in [3.63, 3.8) is 0 Å². The molecular weight excluding hydrogens is 276 g/mol. The Morgan fingerprint density at radius 3 is 2.52 bits per heavy atom. The molecule has 2 aliphatic rings. The van der Waals surface area contributed by atoms with Crippen LogP contribution in [0.25, 0.3) is 0 Å². The first-order chi connectivity index (χ1) is 9.94. The van der Waals surface area contributed by atoms with Crippen molar-refractivity contribution in [3.8, 4) is 0 Å². The van der Waals surface area contributed by atoms with Crippen molar-refractivity contribution in [1.82, 2.24) is 0 Å². The molecule has 6 heteroatoms. The Morgan fingerprint density at radius 1 is 1.29 bits per heavy atom.